The molecule has 0 heterocycles. The van der Waals surface area contributed by atoms with Gasteiger partial charge in [-0.3, -0.25) is 0 Å². The molecule has 181 valence electrons. The number of rotatable bonds is 5. The smallest absolute Gasteiger partial charge is 1.00 e. The molecule has 1 radical (unpaired) electrons. The van der Waals surface area contributed by atoms with Crippen LogP contribution in [-0.2, 0) is 30.6 Å². The van der Waals surface area contributed by atoms with Crippen molar-refractivity contribution >= 4 is 22.7 Å². The van der Waals surface area contributed by atoms with Crippen molar-refractivity contribution < 1.29 is 59.9 Å². The summed E-state index contributed by atoms with van der Waals surface area (Å²) in [7, 11) is -3.97. The predicted molar refractivity (Wildman–Crippen MR) is 134 cm³/mol. The van der Waals surface area contributed by atoms with Crippen LogP contribution in [0.15, 0.2) is 41.5 Å². The standard InChI is InChI=1S/C26H39O2Si2.2ClH.Zr/c1-25(2,3)29(7,8)27-22-17-13-16-20-18-21(19-14-11-12-15-19)24(23(20)22)28-30(9,10)26(4,5)6;;;/h11,13-14,16-18,24H,12H2,1-10H3;2*1H;/q-1;;;+3/p-2. The molecule has 0 saturated heterocycles. The third kappa shape index (κ3) is 6.86. The fourth-order valence-electron chi connectivity index (χ4n) is 3.30. The Labute approximate surface area is 235 Å². The van der Waals surface area contributed by atoms with Crippen LogP contribution in [0.5, 0.6) is 5.75 Å². The molecule has 0 aromatic heterocycles. The fourth-order valence-corrected chi connectivity index (χ4v) is 5.52. The van der Waals surface area contributed by atoms with Gasteiger partial charge in [0.15, 0.2) is 8.32 Å². The average Bonchev–Trinajstić information content (AvgIpc) is 3.20. The molecule has 3 rings (SSSR count). The molecule has 0 aliphatic heterocycles. The molecule has 0 fully saturated rings. The molecule has 33 heavy (non-hydrogen) atoms. The van der Waals surface area contributed by atoms with E-state index in [1.54, 1.807) is 0 Å². The molecule has 1 atom stereocenters. The van der Waals surface area contributed by atoms with E-state index in [-0.39, 0.29) is 67.2 Å². The Morgan fingerprint density at radius 1 is 0.909 bits per heavy atom. The van der Waals surface area contributed by atoms with Crippen molar-refractivity contribution in [2.24, 2.45) is 0 Å². The number of benzene rings is 1. The molecule has 7 heteroatoms. The van der Waals surface area contributed by atoms with Gasteiger partial charge in [-0.25, -0.2) is 0 Å². The van der Waals surface area contributed by atoms with E-state index in [0.717, 1.165) is 12.2 Å². The van der Waals surface area contributed by atoms with E-state index in [1.807, 2.05) is 0 Å². The van der Waals surface area contributed by atoms with Gasteiger partial charge < -0.3 is 33.7 Å². The zero-order valence-electron chi connectivity index (χ0n) is 21.8. The third-order valence-electron chi connectivity index (χ3n) is 7.35. The Kier molecular flexibility index (Phi) is 11.5. The summed E-state index contributed by atoms with van der Waals surface area (Å²) in [5.41, 5.74) is 4.83. The van der Waals surface area contributed by atoms with Gasteiger partial charge in [0.2, 0.25) is 8.32 Å². The number of fused-ring (bicyclic) bond motifs is 1. The molecular weight excluding hydrogens is 563 g/mol. The first-order valence-electron chi connectivity index (χ1n) is 11.1. The van der Waals surface area contributed by atoms with Crippen LogP contribution in [0, 0.1) is 6.08 Å². The number of halogens is 2. The Morgan fingerprint density at radius 3 is 1.97 bits per heavy atom. The molecule has 2 aliphatic carbocycles. The van der Waals surface area contributed by atoms with Gasteiger partial charge in [-0.15, -0.1) is 17.7 Å². The van der Waals surface area contributed by atoms with E-state index in [1.165, 1.54) is 22.3 Å². The molecule has 1 aromatic rings. The van der Waals surface area contributed by atoms with Crippen LogP contribution in [-0.4, -0.2) is 16.6 Å². The van der Waals surface area contributed by atoms with E-state index in [9.17, 15) is 0 Å². The van der Waals surface area contributed by atoms with Crippen molar-refractivity contribution in [1.29, 1.82) is 0 Å². The molecule has 0 spiro atoms. The molecule has 2 nitrogen and oxygen atoms in total. The maximum atomic E-state index is 7.07. The van der Waals surface area contributed by atoms with E-state index in [2.05, 4.69) is 110 Å². The van der Waals surface area contributed by atoms with Crippen molar-refractivity contribution in [2.45, 2.75) is 90.3 Å². The molecular formula is C26H39Cl2O2Si2Zr. The van der Waals surface area contributed by atoms with Crippen LogP contribution in [0.3, 0.4) is 0 Å². The zero-order valence-corrected chi connectivity index (χ0v) is 27.8. The largest absolute Gasteiger partial charge is 3.00 e. The van der Waals surface area contributed by atoms with Crippen molar-refractivity contribution in [1.82, 2.24) is 0 Å². The molecule has 0 saturated carbocycles. The Morgan fingerprint density at radius 2 is 1.48 bits per heavy atom. The summed E-state index contributed by atoms with van der Waals surface area (Å²) in [6, 6.07) is 6.45. The molecule has 2 aliphatic rings. The van der Waals surface area contributed by atoms with Gasteiger partial charge in [-0.1, -0.05) is 60.1 Å². The summed E-state index contributed by atoms with van der Waals surface area (Å²) >= 11 is 0. The second-order valence-corrected chi connectivity index (χ2v) is 21.2. The van der Waals surface area contributed by atoms with Crippen LogP contribution < -0.4 is 29.2 Å². The summed E-state index contributed by atoms with van der Waals surface area (Å²) in [4.78, 5) is 0. The molecule has 0 amide bonds. The first kappa shape index (κ1) is 33.1. The summed E-state index contributed by atoms with van der Waals surface area (Å²) in [6.07, 6.45) is 11.0. The average molecular weight is 602 g/mol. The van der Waals surface area contributed by atoms with Gasteiger partial charge in [0, 0.05) is 5.56 Å². The van der Waals surface area contributed by atoms with E-state index in [4.69, 9.17) is 8.85 Å². The first-order chi connectivity index (χ1) is 13.6. The van der Waals surface area contributed by atoms with Gasteiger partial charge in [-0.2, -0.15) is 17.7 Å². The van der Waals surface area contributed by atoms with Crippen LogP contribution >= 0.6 is 0 Å². The summed E-state index contributed by atoms with van der Waals surface area (Å²) in [5, 5.41) is 0.282. The van der Waals surface area contributed by atoms with E-state index >= 15 is 0 Å². The van der Waals surface area contributed by atoms with Crippen LogP contribution in [0.4, 0.5) is 0 Å². The minimum atomic E-state index is -2.00. The van der Waals surface area contributed by atoms with E-state index in [0.29, 0.717) is 0 Å². The van der Waals surface area contributed by atoms with Crippen molar-refractivity contribution in [2.75, 3.05) is 0 Å². The van der Waals surface area contributed by atoms with Crippen molar-refractivity contribution in [3.05, 3.63) is 58.7 Å². The second-order valence-electron chi connectivity index (χ2n) is 11.7. The van der Waals surface area contributed by atoms with Gasteiger partial charge in [-0.05, 0) is 47.9 Å². The minimum Gasteiger partial charge on any atom is -1.00 e. The first-order valence-corrected chi connectivity index (χ1v) is 16.9. The second kappa shape index (κ2) is 11.4. The number of hydrogen-bond acceptors (Lipinski definition) is 2. The van der Waals surface area contributed by atoms with E-state index < -0.39 is 16.6 Å². The predicted octanol–water partition coefficient (Wildman–Crippen LogP) is 2.23. The van der Waals surface area contributed by atoms with Gasteiger partial charge in [0.05, 0.1) is 6.10 Å². The topological polar surface area (TPSA) is 18.5 Å². The van der Waals surface area contributed by atoms with Gasteiger partial charge in [0.1, 0.15) is 5.75 Å². The minimum absolute atomic E-state index is 0. The van der Waals surface area contributed by atoms with Gasteiger partial charge in [0.25, 0.3) is 0 Å². The van der Waals surface area contributed by atoms with Crippen LogP contribution in [0.1, 0.15) is 65.2 Å². The monoisotopic (exact) mass is 599 g/mol. The Bertz CT molecular complexity index is 923. The Hall–Kier alpha value is 0.0969. The zero-order chi connectivity index (χ0) is 22.5. The molecule has 0 bridgehead atoms. The SMILES string of the molecule is CC(C)(C)[Si](C)(C)Oc1cccc2c1C(O[Si](C)(C)C(C)(C)C)C(C1=[C-]CC=C1)=C2.[Cl-].[Cl-].[Zr+3]. The molecule has 1 unspecified atom stereocenters. The Balaban J connectivity index is 0.00000341. The number of hydrogen-bond donors (Lipinski definition) is 0. The fraction of sp³-hybridized carbons (Fsp3) is 0.538. The van der Waals surface area contributed by atoms with Crippen molar-refractivity contribution in [3.63, 3.8) is 0 Å². The summed E-state index contributed by atoms with van der Waals surface area (Å²) in [5.74, 6) is 0.997. The molecule has 0 N–H and O–H groups in total. The summed E-state index contributed by atoms with van der Waals surface area (Å²) in [6.45, 7) is 23.1. The summed E-state index contributed by atoms with van der Waals surface area (Å²) < 4.78 is 13.9. The van der Waals surface area contributed by atoms with Gasteiger partial charge >= 0.3 is 26.2 Å². The van der Waals surface area contributed by atoms with Crippen LogP contribution in [0.25, 0.3) is 6.08 Å². The quantitative estimate of drug-likeness (QED) is 0.381. The maximum absolute atomic E-state index is 7.07. The van der Waals surface area contributed by atoms with Crippen LogP contribution in [0.2, 0.25) is 36.3 Å². The maximum Gasteiger partial charge on any atom is 3.00 e. The third-order valence-corrected chi connectivity index (χ3v) is 16.1. The number of allylic oxidation sites excluding steroid dienone is 3. The van der Waals surface area contributed by atoms with Crippen molar-refractivity contribution in [3.8, 4) is 5.75 Å². The molecule has 1 aromatic carbocycles. The normalized spacial score (nSPS) is 17.8.